The number of carbonyl (C=O) groups is 2. The second-order valence-corrected chi connectivity index (χ2v) is 6.52. The van der Waals surface area contributed by atoms with Crippen LogP contribution in [-0.2, 0) is 20.7 Å². The van der Waals surface area contributed by atoms with Crippen LogP contribution in [0.1, 0.15) is 50.8 Å². The summed E-state index contributed by atoms with van der Waals surface area (Å²) in [5.74, 6) is -0.848. The van der Waals surface area contributed by atoms with Crippen molar-refractivity contribution in [2.45, 2.75) is 51.7 Å². The highest BCUT2D eigenvalue weighted by Crippen LogP contribution is 2.34. The van der Waals surface area contributed by atoms with Crippen LogP contribution >= 0.6 is 0 Å². The molecule has 2 aliphatic rings. The second-order valence-electron chi connectivity index (χ2n) is 6.52. The molecule has 0 saturated carbocycles. The van der Waals surface area contributed by atoms with Crippen LogP contribution in [0.2, 0.25) is 0 Å². The highest BCUT2D eigenvalue weighted by Gasteiger charge is 2.41. The van der Waals surface area contributed by atoms with Crippen molar-refractivity contribution >= 4 is 11.9 Å². The van der Waals surface area contributed by atoms with Crippen LogP contribution in [0.5, 0.6) is 0 Å². The number of cyclic esters (lactones) is 1. The molecular weight excluding hydrogens is 278 g/mol. The number of rotatable bonds is 2. The Labute approximate surface area is 130 Å². The van der Waals surface area contributed by atoms with Gasteiger partial charge in [0.2, 0.25) is 0 Å². The van der Waals surface area contributed by atoms with E-state index in [1.54, 1.807) is 20.8 Å². The summed E-state index contributed by atoms with van der Waals surface area (Å²) in [6.07, 6.45) is 2.97. The lowest BCUT2D eigenvalue weighted by molar-refractivity contribution is -0.145. The SMILES string of the molecule is CC1=C(C(=O)N[C@H]2CCCc3ccccc32)C(=O)OC1(C)C. The maximum absolute atomic E-state index is 12.6. The van der Waals surface area contributed by atoms with E-state index in [4.69, 9.17) is 4.74 Å². The highest BCUT2D eigenvalue weighted by atomic mass is 16.6. The zero-order valence-electron chi connectivity index (χ0n) is 13.2. The Morgan fingerprint density at radius 1 is 1.32 bits per heavy atom. The van der Waals surface area contributed by atoms with Gasteiger partial charge in [0, 0.05) is 0 Å². The molecule has 0 unspecified atom stereocenters. The van der Waals surface area contributed by atoms with Gasteiger partial charge < -0.3 is 10.1 Å². The fraction of sp³-hybridized carbons (Fsp3) is 0.444. The number of aryl methyl sites for hydroxylation is 1. The van der Waals surface area contributed by atoms with Crippen LogP contribution in [0.15, 0.2) is 35.4 Å². The first-order valence-electron chi connectivity index (χ1n) is 7.73. The summed E-state index contributed by atoms with van der Waals surface area (Å²) in [5.41, 5.74) is 2.59. The Morgan fingerprint density at radius 3 is 2.73 bits per heavy atom. The van der Waals surface area contributed by atoms with Gasteiger partial charge in [0.1, 0.15) is 11.2 Å². The molecule has 0 radical (unpaired) electrons. The monoisotopic (exact) mass is 299 g/mol. The summed E-state index contributed by atoms with van der Waals surface area (Å²) in [5, 5.41) is 3.02. The normalized spacial score (nSPS) is 23.0. The largest absolute Gasteiger partial charge is 0.451 e. The van der Waals surface area contributed by atoms with Gasteiger partial charge in [-0.1, -0.05) is 24.3 Å². The molecule has 3 rings (SSSR count). The van der Waals surface area contributed by atoms with Crippen molar-refractivity contribution in [2.24, 2.45) is 0 Å². The number of esters is 1. The maximum atomic E-state index is 12.6. The zero-order chi connectivity index (χ0) is 15.9. The van der Waals surface area contributed by atoms with Crippen molar-refractivity contribution in [3.63, 3.8) is 0 Å². The Bertz CT molecular complexity index is 673. The van der Waals surface area contributed by atoms with E-state index < -0.39 is 11.6 Å². The summed E-state index contributed by atoms with van der Waals surface area (Å²) >= 11 is 0. The number of ether oxygens (including phenoxy) is 1. The van der Waals surface area contributed by atoms with E-state index in [9.17, 15) is 9.59 Å². The minimum Gasteiger partial charge on any atom is -0.451 e. The van der Waals surface area contributed by atoms with Crippen molar-refractivity contribution in [3.8, 4) is 0 Å². The molecule has 4 nitrogen and oxygen atoms in total. The lowest BCUT2D eigenvalue weighted by atomic mass is 9.87. The van der Waals surface area contributed by atoms with Crippen LogP contribution in [-0.4, -0.2) is 17.5 Å². The molecule has 116 valence electrons. The third-order valence-electron chi connectivity index (χ3n) is 4.73. The zero-order valence-corrected chi connectivity index (χ0v) is 13.2. The maximum Gasteiger partial charge on any atom is 0.344 e. The number of carbonyl (C=O) groups excluding carboxylic acids is 2. The Balaban J connectivity index is 1.85. The van der Waals surface area contributed by atoms with Crippen molar-refractivity contribution in [2.75, 3.05) is 0 Å². The van der Waals surface area contributed by atoms with Crippen LogP contribution in [0.25, 0.3) is 0 Å². The number of fused-ring (bicyclic) bond motifs is 1. The first kappa shape index (κ1) is 14.8. The first-order chi connectivity index (χ1) is 10.4. The van der Waals surface area contributed by atoms with Gasteiger partial charge in [-0.05, 0) is 56.7 Å². The van der Waals surface area contributed by atoms with E-state index in [0.29, 0.717) is 5.57 Å². The summed E-state index contributed by atoms with van der Waals surface area (Å²) in [6, 6.07) is 8.13. The Kier molecular flexibility index (Phi) is 3.55. The van der Waals surface area contributed by atoms with Crippen molar-refractivity contribution in [1.29, 1.82) is 0 Å². The summed E-state index contributed by atoms with van der Waals surface area (Å²) < 4.78 is 5.28. The van der Waals surface area contributed by atoms with Gasteiger partial charge in [-0.25, -0.2) is 4.79 Å². The van der Waals surface area contributed by atoms with Gasteiger partial charge >= 0.3 is 5.97 Å². The molecule has 1 N–H and O–H groups in total. The van der Waals surface area contributed by atoms with E-state index >= 15 is 0 Å². The molecule has 0 saturated heterocycles. The predicted octanol–water partition coefficient (Wildman–Crippen LogP) is 2.83. The molecule has 0 fully saturated rings. The second kappa shape index (κ2) is 5.27. The molecule has 1 aromatic rings. The van der Waals surface area contributed by atoms with E-state index in [2.05, 4.69) is 17.4 Å². The topological polar surface area (TPSA) is 55.4 Å². The molecule has 1 amide bonds. The predicted molar refractivity (Wildman–Crippen MR) is 83.1 cm³/mol. The lowest BCUT2D eigenvalue weighted by Gasteiger charge is -2.26. The van der Waals surface area contributed by atoms with E-state index in [0.717, 1.165) is 24.8 Å². The molecule has 1 heterocycles. The van der Waals surface area contributed by atoms with Crippen molar-refractivity contribution in [3.05, 3.63) is 46.5 Å². The van der Waals surface area contributed by atoms with Crippen molar-refractivity contribution in [1.82, 2.24) is 5.32 Å². The fourth-order valence-corrected chi connectivity index (χ4v) is 3.21. The smallest absolute Gasteiger partial charge is 0.344 e. The molecule has 1 atom stereocenters. The third kappa shape index (κ3) is 2.43. The lowest BCUT2D eigenvalue weighted by Crippen LogP contribution is -2.33. The molecule has 0 spiro atoms. The van der Waals surface area contributed by atoms with Crippen LogP contribution in [0.4, 0.5) is 0 Å². The molecule has 1 aliphatic heterocycles. The Hall–Kier alpha value is -2.10. The van der Waals surface area contributed by atoms with Crippen LogP contribution < -0.4 is 5.32 Å². The number of benzene rings is 1. The molecule has 0 aromatic heterocycles. The number of hydrogen-bond donors (Lipinski definition) is 1. The Morgan fingerprint density at radius 2 is 2.05 bits per heavy atom. The van der Waals surface area contributed by atoms with Crippen molar-refractivity contribution < 1.29 is 14.3 Å². The minimum atomic E-state index is -0.700. The van der Waals surface area contributed by atoms with E-state index in [1.165, 1.54) is 5.56 Å². The molecule has 1 aliphatic carbocycles. The molecule has 4 heteroatoms. The first-order valence-corrected chi connectivity index (χ1v) is 7.73. The van der Waals surface area contributed by atoms with Gasteiger partial charge in [-0.2, -0.15) is 0 Å². The quantitative estimate of drug-likeness (QED) is 0.675. The highest BCUT2D eigenvalue weighted by molar-refractivity contribution is 6.18. The van der Waals surface area contributed by atoms with Gasteiger partial charge in [0.05, 0.1) is 6.04 Å². The van der Waals surface area contributed by atoms with Gasteiger partial charge in [0.15, 0.2) is 0 Å². The van der Waals surface area contributed by atoms with Crippen LogP contribution in [0.3, 0.4) is 0 Å². The van der Waals surface area contributed by atoms with Crippen LogP contribution in [0, 0.1) is 0 Å². The summed E-state index contributed by atoms with van der Waals surface area (Å²) in [7, 11) is 0. The number of nitrogens with one attached hydrogen (secondary N) is 1. The third-order valence-corrected chi connectivity index (χ3v) is 4.73. The number of amides is 1. The summed E-state index contributed by atoms with van der Waals surface area (Å²) in [4.78, 5) is 24.6. The fourth-order valence-electron chi connectivity index (χ4n) is 3.21. The molecule has 22 heavy (non-hydrogen) atoms. The molecular formula is C18H21NO3. The average Bonchev–Trinajstić information content (AvgIpc) is 2.67. The van der Waals surface area contributed by atoms with E-state index in [-0.39, 0.29) is 17.5 Å². The average molecular weight is 299 g/mol. The van der Waals surface area contributed by atoms with Gasteiger partial charge in [-0.3, -0.25) is 4.79 Å². The van der Waals surface area contributed by atoms with Gasteiger partial charge in [-0.15, -0.1) is 0 Å². The van der Waals surface area contributed by atoms with Gasteiger partial charge in [0.25, 0.3) is 5.91 Å². The standard InChI is InChI=1S/C18H21NO3/c1-11-15(17(21)22-18(11,2)3)16(20)19-14-10-6-8-12-7-4-5-9-13(12)14/h4-5,7,9,14H,6,8,10H2,1-3H3,(H,19,20)/t14-/m0/s1. The number of hydrogen-bond acceptors (Lipinski definition) is 3. The van der Waals surface area contributed by atoms with E-state index in [1.807, 2.05) is 12.1 Å². The molecule has 1 aromatic carbocycles. The minimum absolute atomic E-state index is 0.0331. The molecule has 0 bridgehead atoms. The summed E-state index contributed by atoms with van der Waals surface area (Å²) in [6.45, 7) is 5.39.